The van der Waals surface area contributed by atoms with Gasteiger partial charge in [0, 0.05) is 19.1 Å². The van der Waals surface area contributed by atoms with Gasteiger partial charge in [-0.2, -0.15) is 0 Å². The van der Waals surface area contributed by atoms with Crippen molar-refractivity contribution >= 4 is 0 Å². The molecule has 0 bridgehead atoms. The lowest BCUT2D eigenvalue weighted by molar-refractivity contribution is -0.317. The average molecular weight is 578 g/mol. The highest BCUT2D eigenvalue weighted by molar-refractivity contribution is 5.12. The van der Waals surface area contributed by atoms with Gasteiger partial charge < -0.3 is 35.0 Å². The first-order valence-corrected chi connectivity index (χ1v) is 17.0. The van der Waals surface area contributed by atoms with Crippen LogP contribution in [0.15, 0.2) is 0 Å². The zero-order valence-corrected chi connectivity index (χ0v) is 25.3. The minimum atomic E-state index is -1.43. The minimum Gasteiger partial charge on any atom is -0.394 e. The lowest BCUT2D eigenvalue weighted by Crippen LogP contribution is -2.60. The lowest BCUT2D eigenvalue weighted by atomic mass is 9.51. The van der Waals surface area contributed by atoms with Crippen LogP contribution in [-0.2, 0) is 9.47 Å². The molecule has 3 heterocycles. The van der Waals surface area contributed by atoms with Gasteiger partial charge in [-0.15, -0.1) is 0 Å². The molecule has 0 aromatic carbocycles. The van der Waals surface area contributed by atoms with Gasteiger partial charge in [-0.1, -0.05) is 20.8 Å². The van der Waals surface area contributed by atoms with Crippen molar-refractivity contribution in [3.63, 3.8) is 0 Å². The minimum absolute atomic E-state index is 0.0763. The Hall–Kier alpha value is -0.320. The molecule has 0 unspecified atom stereocenters. The summed E-state index contributed by atoms with van der Waals surface area (Å²) in [5.41, 5.74) is 0.0763. The molecule has 7 rings (SSSR count). The number of fused-ring (bicyclic) bond motifs is 8. The van der Waals surface area contributed by atoms with Gasteiger partial charge in [0.25, 0.3) is 0 Å². The summed E-state index contributed by atoms with van der Waals surface area (Å²) in [6.45, 7) is 9.55. The molecule has 234 valence electrons. The van der Waals surface area contributed by atoms with Crippen LogP contribution in [0.1, 0.15) is 78.6 Å². The van der Waals surface area contributed by atoms with Crippen LogP contribution < -0.4 is 0 Å². The van der Waals surface area contributed by atoms with Crippen LogP contribution >= 0.6 is 0 Å². The molecule has 4 aliphatic carbocycles. The number of piperidine rings is 2. The molecule has 7 fully saturated rings. The maximum Gasteiger partial charge on any atom is 0.186 e. The Morgan fingerprint density at radius 1 is 0.780 bits per heavy atom. The zero-order valence-electron chi connectivity index (χ0n) is 25.3. The van der Waals surface area contributed by atoms with Gasteiger partial charge in [0.15, 0.2) is 6.29 Å². The van der Waals surface area contributed by atoms with Gasteiger partial charge in [0.05, 0.1) is 18.8 Å². The topological polar surface area (TPSA) is 123 Å². The maximum atomic E-state index is 11.6. The number of ether oxygens (including phenoxy) is 2. The third-order valence-electron chi connectivity index (χ3n) is 14.1. The van der Waals surface area contributed by atoms with Crippen LogP contribution in [0.4, 0.5) is 0 Å². The SMILES string of the molecule is C[C@@H]1CC[C@@H]2[C@H](C)[C@@H]3CC[C@@H]4[C@@H](C[C@H]5[C@H]4C[C@@H](O)[C@H]4C[C@@H](O[C@@H]6O[C@H](CO)[C@@H](O)[C@H](O)[C@H]6O)CC[C@@]45C)[C@@H]3CN2C1. The number of nitrogens with zero attached hydrogens (tertiary/aromatic N) is 1. The van der Waals surface area contributed by atoms with Crippen LogP contribution in [0.25, 0.3) is 0 Å². The molecular formula is C33H55NO7. The first kappa shape index (κ1) is 29.4. The second-order valence-corrected chi connectivity index (χ2v) is 15.9. The van der Waals surface area contributed by atoms with E-state index in [1.165, 1.54) is 45.2 Å². The fourth-order valence-corrected chi connectivity index (χ4v) is 12.1. The summed E-state index contributed by atoms with van der Waals surface area (Å²) >= 11 is 0. The van der Waals surface area contributed by atoms with Crippen LogP contribution in [0.2, 0.25) is 0 Å². The predicted octanol–water partition coefficient (Wildman–Crippen LogP) is 2.39. The van der Waals surface area contributed by atoms with Crippen LogP contribution in [0.3, 0.4) is 0 Å². The van der Waals surface area contributed by atoms with Crippen molar-refractivity contribution in [2.45, 2.75) is 128 Å². The number of aliphatic hydroxyl groups excluding tert-OH is 5. The molecule has 0 spiro atoms. The van der Waals surface area contributed by atoms with E-state index in [0.717, 1.165) is 60.8 Å². The molecule has 3 saturated heterocycles. The largest absolute Gasteiger partial charge is 0.394 e. The van der Waals surface area contributed by atoms with E-state index in [1.54, 1.807) is 0 Å². The first-order valence-electron chi connectivity index (χ1n) is 17.0. The van der Waals surface area contributed by atoms with Crippen molar-refractivity contribution in [2.75, 3.05) is 19.7 Å². The molecule has 8 heteroatoms. The molecule has 0 radical (unpaired) electrons. The Labute approximate surface area is 245 Å². The summed E-state index contributed by atoms with van der Waals surface area (Å²) in [7, 11) is 0. The Morgan fingerprint density at radius 2 is 1.56 bits per heavy atom. The van der Waals surface area contributed by atoms with E-state index in [9.17, 15) is 25.5 Å². The van der Waals surface area contributed by atoms with E-state index in [1.807, 2.05) is 0 Å². The van der Waals surface area contributed by atoms with Crippen molar-refractivity contribution in [3.8, 4) is 0 Å². The molecule has 7 aliphatic rings. The van der Waals surface area contributed by atoms with Crippen LogP contribution in [0.5, 0.6) is 0 Å². The highest BCUT2D eigenvalue weighted by atomic mass is 16.7. The van der Waals surface area contributed by atoms with Gasteiger partial charge >= 0.3 is 0 Å². The molecule has 8 nitrogen and oxygen atoms in total. The summed E-state index contributed by atoms with van der Waals surface area (Å²) in [5.74, 6) is 6.23. The maximum absolute atomic E-state index is 11.6. The number of rotatable bonds is 3. The normalized spacial score (nSPS) is 59.0. The summed E-state index contributed by atoms with van der Waals surface area (Å²) in [6, 6.07) is 0.787. The third kappa shape index (κ3) is 4.68. The van der Waals surface area contributed by atoms with Gasteiger partial charge in [0.2, 0.25) is 0 Å². The van der Waals surface area contributed by atoms with Crippen LogP contribution in [-0.4, -0.2) is 99.1 Å². The average Bonchev–Trinajstić information content (AvgIpc) is 3.34. The van der Waals surface area contributed by atoms with E-state index in [0.29, 0.717) is 18.3 Å². The zero-order chi connectivity index (χ0) is 28.8. The van der Waals surface area contributed by atoms with E-state index >= 15 is 0 Å². The molecule has 18 atom stereocenters. The van der Waals surface area contributed by atoms with Crippen LogP contribution in [0, 0.1) is 58.7 Å². The molecule has 41 heavy (non-hydrogen) atoms. The number of hydrogen-bond donors (Lipinski definition) is 5. The number of hydrogen-bond acceptors (Lipinski definition) is 8. The highest BCUT2D eigenvalue weighted by Crippen LogP contribution is 2.67. The fourth-order valence-electron chi connectivity index (χ4n) is 12.1. The molecule has 0 amide bonds. The van der Waals surface area contributed by atoms with Gasteiger partial charge in [-0.05, 0) is 116 Å². The summed E-state index contributed by atoms with van der Waals surface area (Å²) < 4.78 is 11.9. The molecule has 0 aromatic rings. The fraction of sp³-hybridized carbons (Fsp3) is 1.00. The molecule has 5 N–H and O–H groups in total. The Kier molecular flexibility index (Phi) is 7.84. The Bertz CT molecular complexity index is 949. The number of aliphatic hydroxyl groups is 5. The Balaban J connectivity index is 1.06. The van der Waals surface area contributed by atoms with Crippen molar-refractivity contribution in [1.29, 1.82) is 0 Å². The van der Waals surface area contributed by atoms with Gasteiger partial charge in [-0.25, -0.2) is 0 Å². The molecule has 0 aromatic heterocycles. The highest BCUT2D eigenvalue weighted by Gasteiger charge is 2.63. The van der Waals surface area contributed by atoms with E-state index < -0.39 is 37.3 Å². The predicted molar refractivity (Wildman–Crippen MR) is 152 cm³/mol. The van der Waals surface area contributed by atoms with Gasteiger partial charge in [0.1, 0.15) is 24.4 Å². The third-order valence-corrected chi connectivity index (χ3v) is 14.1. The monoisotopic (exact) mass is 577 g/mol. The quantitative estimate of drug-likeness (QED) is 0.324. The van der Waals surface area contributed by atoms with Crippen molar-refractivity contribution < 1.29 is 35.0 Å². The Morgan fingerprint density at radius 3 is 2.34 bits per heavy atom. The molecule has 4 saturated carbocycles. The van der Waals surface area contributed by atoms with Crippen molar-refractivity contribution in [2.24, 2.45) is 58.7 Å². The lowest BCUT2D eigenvalue weighted by Gasteiger charge is -2.57. The second kappa shape index (κ2) is 10.9. The standard InChI is InChI=1S/C33H55NO7/c1-16-4-7-26-17(2)19-5-6-20-21(23(19)14-34(26)13-16)11-24-22(20)12-27(36)25-10-18(8-9-33(24,25)3)40-32-31(39)30(38)29(37)28(15-35)41-32/h16-32,35-39H,4-15H2,1-3H3/t16-,17-,18+,19+,20-,21-,22+,23-,24+,25-,26-,27-,28-,29-,30+,31-,32-,33-/m1/s1. The van der Waals surface area contributed by atoms with Crippen molar-refractivity contribution in [3.05, 3.63) is 0 Å². The van der Waals surface area contributed by atoms with Gasteiger partial charge in [-0.3, -0.25) is 4.90 Å². The van der Waals surface area contributed by atoms with E-state index in [4.69, 9.17) is 9.47 Å². The van der Waals surface area contributed by atoms with E-state index in [2.05, 4.69) is 25.7 Å². The van der Waals surface area contributed by atoms with E-state index in [-0.39, 0.29) is 23.5 Å². The molecule has 3 aliphatic heterocycles. The summed E-state index contributed by atoms with van der Waals surface area (Å²) in [4.78, 5) is 2.88. The van der Waals surface area contributed by atoms with Crippen molar-refractivity contribution in [1.82, 2.24) is 4.90 Å². The summed E-state index contributed by atoms with van der Waals surface area (Å²) in [5, 5.41) is 52.1. The summed E-state index contributed by atoms with van der Waals surface area (Å²) in [6.07, 6.45) is 3.39. The second-order valence-electron chi connectivity index (χ2n) is 15.9. The molecular weight excluding hydrogens is 522 g/mol. The smallest absolute Gasteiger partial charge is 0.186 e. The first-order chi connectivity index (χ1) is 19.6.